The van der Waals surface area contributed by atoms with E-state index in [9.17, 15) is 4.79 Å². The topological polar surface area (TPSA) is 77.2 Å². The van der Waals surface area contributed by atoms with E-state index in [1.54, 1.807) is 25.3 Å². The van der Waals surface area contributed by atoms with Gasteiger partial charge in [0.15, 0.2) is 5.69 Å². The van der Waals surface area contributed by atoms with Crippen molar-refractivity contribution in [3.8, 4) is 11.4 Å². The van der Waals surface area contributed by atoms with Crippen molar-refractivity contribution in [1.82, 2.24) is 15.0 Å². The molecule has 1 aromatic heterocycles. The Kier molecular flexibility index (Phi) is 3.10. The molecule has 0 saturated carbocycles. The molecule has 0 atom stereocenters. The molecule has 6 nitrogen and oxygen atoms in total. The highest BCUT2D eigenvalue weighted by Gasteiger charge is 2.13. The van der Waals surface area contributed by atoms with Crippen LogP contribution in [0, 0.1) is 0 Å². The highest BCUT2D eigenvalue weighted by Crippen LogP contribution is 2.27. The van der Waals surface area contributed by atoms with E-state index in [4.69, 9.17) is 9.84 Å². The molecule has 2 aromatic rings. The van der Waals surface area contributed by atoms with Gasteiger partial charge in [0.2, 0.25) is 0 Å². The summed E-state index contributed by atoms with van der Waals surface area (Å²) in [4.78, 5) is 10.9. The summed E-state index contributed by atoms with van der Waals surface area (Å²) < 4.78 is 7.04. The molecule has 0 fully saturated rings. The number of aromatic nitrogens is 3. The number of hydrogen-bond donors (Lipinski definition) is 1. The molecular formula is C10H8BrN3O3. The molecule has 0 bridgehead atoms. The standard InChI is InChI=1S/C10H8BrN3O3/c1-17-9-3-2-6(4-7(9)11)14-8(10(15)16)5-12-13-14/h2-5H,1H3,(H,15,16). The van der Waals surface area contributed by atoms with E-state index in [-0.39, 0.29) is 5.69 Å². The van der Waals surface area contributed by atoms with Crippen LogP contribution in [0.15, 0.2) is 28.9 Å². The zero-order valence-electron chi connectivity index (χ0n) is 8.79. The van der Waals surface area contributed by atoms with Gasteiger partial charge in [-0.25, -0.2) is 9.48 Å². The molecule has 0 unspecified atom stereocenters. The highest BCUT2D eigenvalue weighted by atomic mass is 79.9. The number of carboxylic acid groups (broad SMARTS) is 1. The number of benzene rings is 1. The van der Waals surface area contributed by atoms with Gasteiger partial charge in [-0.2, -0.15) is 0 Å². The number of halogens is 1. The van der Waals surface area contributed by atoms with E-state index in [1.165, 1.54) is 10.9 Å². The summed E-state index contributed by atoms with van der Waals surface area (Å²) in [7, 11) is 1.55. The average molecular weight is 298 g/mol. The Morgan fingerprint density at radius 2 is 2.29 bits per heavy atom. The number of ether oxygens (including phenoxy) is 1. The molecular weight excluding hydrogens is 290 g/mol. The van der Waals surface area contributed by atoms with Crippen molar-refractivity contribution >= 4 is 21.9 Å². The normalized spacial score (nSPS) is 10.2. The SMILES string of the molecule is COc1ccc(-n2nncc2C(=O)O)cc1Br. The molecule has 0 spiro atoms. The Morgan fingerprint density at radius 1 is 1.53 bits per heavy atom. The van der Waals surface area contributed by atoms with Crippen molar-refractivity contribution in [1.29, 1.82) is 0 Å². The zero-order valence-corrected chi connectivity index (χ0v) is 10.4. The molecule has 1 N–H and O–H groups in total. The molecule has 1 heterocycles. The van der Waals surface area contributed by atoms with E-state index >= 15 is 0 Å². The molecule has 0 radical (unpaired) electrons. The molecule has 0 amide bonds. The van der Waals surface area contributed by atoms with E-state index in [1.807, 2.05) is 0 Å². The third-order valence-electron chi connectivity index (χ3n) is 2.15. The van der Waals surface area contributed by atoms with Gasteiger partial charge in [0, 0.05) is 0 Å². The Morgan fingerprint density at radius 3 is 2.88 bits per heavy atom. The lowest BCUT2D eigenvalue weighted by Crippen LogP contribution is -2.07. The van der Waals surface area contributed by atoms with Crippen molar-refractivity contribution in [2.45, 2.75) is 0 Å². The van der Waals surface area contributed by atoms with Crippen LogP contribution in [0.25, 0.3) is 5.69 Å². The van der Waals surface area contributed by atoms with Crippen LogP contribution >= 0.6 is 15.9 Å². The summed E-state index contributed by atoms with van der Waals surface area (Å²) in [6.45, 7) is 0. The van der Waals surface area contributed by atoms with Gasteiger partial charge in [-0.15, -0.1) is 5.10 Å². The van der Waals surface area contributed by atoms with Crippen molar-refractivity contribution in [2.75, 3.05) is 7.11 Å². The second-order valence-corrected chi connectivity index (χ2v) is 4.01. The summed E-state index contributed by atoms with van der Waals surface area (Å²) >= 11 is 3.32. The molecule has 7 heteroatoms. The summed E-state index contributed by atoms with van der Waals surface area (Å²) in [6.07, 6.45) is 1.19. The highest BCUT2D eigenvalue weighted by molar-refractivity contribution is 9.10. The third-order valence-corrected chi connectivity index (χ3v) is 2.77. The summed E-state index contributed by atoms with van der Waals surface area (Å²) in [5.74, 6) is -0.423. The minimum atomic E-state index is -1.08. The first-order valence-electron chi connectivity index (χ1n) is 4.61. The Bertz CT molecular complexity index is 568. The van der Waals surface area contributed by atoms with Crippen LogP contribution in [0.5, 0.6) is 5.75 Å². The van der Waals surface area contributed by atoms with E-state index in [0.29, 0.717) is 15.9 Å². The fourth-order valence-corrected chi connectivity index (χ4v) is 1.89. The van der Waals surface area contributed by atoms with Crippen molar-refractivity contribution in [3.05, 3.63) is 34.6 Å². The van der Waals surface area contributed by atoms with E-state index < -0.39 is 5.97 Å². The number of rotatable bonds is 3. The largest absolute Gasteiger partial charge is 0.496 e. The first-order valence-corrected chi connectivity index (χ1v) is 5.40. The van der Waals surface area contributed by atoms with Gasteiger partial charge in [0.1, 0.15) is 5.75 Å². The van der Waals surface area contributed by atoms with E-state index in [2.05, 4.69) is 26.2 Å². The van der Waals surface area contributed by atoms with Gasteiger partial charge in [0.25, 0.3) is 0 Å². The quantitative estimate of drug-likeness (QED) is 0.934. The predicted octanol–water partition coefficient (Wildman–Crippen LogP) is 1.74. The molecule has 0 aliphatic carbocycles. The van der Waals surface area contributed by atoms with E-state index in [0.717, 1.165) is 0 Å². The summed E-state index contributed by atoms with van der Waals surface area (Å²) in [6, 6.07) is 5.12. The molecule has 0 aliphatic rings. The van der Waals surface area contributed by atoms with Crippen molar-refractivity contribution in [2.24, 2.45) is 0 Å². The van der Waals surface area contributed by atoms with Crippen LogP contribution in [-0.2, 0) is 0 Å². The lowest BCUT2D eigenvalue weighted by molar-refractivity contribution is 0.0687. The molecule has 0 aliphatic heterocycles. The van der Waals surface area contributed by atoms with Gasteiger partial charge in [-0.1, -0.05) is 5.21 Å². The van der Waals surface area contributed by atoms with Crippen LogP contribution in [0.2, 0.25) is 0 Å². The lowest BCUT2D eigenvalue weighted by Gasteiger charge is -2.06. The fraction of sp³-hybridized carbons (Fsp3) is 0.100. The maximum Gasteiger partial charge on any atom is 0.356 e. The van der Waals surface area contributed by atoms with Crippen LogP contribution in [0.3, 0.4) is 0 Å². The number of hydrogen-bond acceptors (Lipinski definition) is 4. The minimum absolute atomic E-state index is 0.00191. The van der Waals surface area contributed by atoms with Gasteiger partial charge in [-0.05, 0) is 34.1 Å². The van der Waals surface area contributed by atoms with Gasteiger partial charge >= 0.3 is 5.97 Å². The minimum Gasteiger partial charge on any atom is -0.496 e. The zero-order chi connectivity index (χ0) is 12.4. The Labute approximate surface area is 105 Å². The predicted molar refractivity (Wildman–Crippen MR) is 62.6 cm³/mol. The number of carbonyl (C=O) groups is 1. The Hall–Kier alpha value is -1.89. The van der Waals surface area contributed by atoms with Crippen LogP contribution in [0.1, 0.15) is 10.5 Å². The van der Waals surface area contributed by atoms with Gasteiger partial charge in [-0.3, -0.25) is 0 Å². The summed E-state index contributed by atoms with van der Waals surface area (Å²) in [5.41, 5.74) is 0.592. The number of methoxy groups -OCH3 is 1. The number of carboxylic acids is 1. The van der Waals surface area contributed by atoms with Crippen LogP contribution in [-0.4, -0.2) is 33.2 Å². The van der Waals surface area contributed by atoms with Crippen LogP contribution in [0.4, 0.5) is 0 Å². The smallest absolute Gasteiger partial charge is 0.356 e. The number of nitrogens with zero attached hydrogens (tertiary/aromatic N) is 3. The molecule has 0 saturated heterocycles. The maximum atomic E-state index is 10.9. The molecule has 2 rings (SSSR count). The summed E-state index contributed by atoms with van der Waals surface area (Å²) in [5, 5.41) is 16.3. The molecule has 88 valence electrons. The second-order valence-electron chi connectivity index (χ2n) is 3.16. The van der Waals surface area contributed by atoms with Gasteiger partial charge < -0.3 is 9.84 Å². The Balaban J connectivity index is 2.50. The van der Waals surface area contributed by atoms with Crippen molar-refractivity contribution in [3.63, 3.8) is 0 Å². The second kappa shape index (κ2) is 4.54. The molecule has 1 aromatic carbocycles. The maximum absolute atomic E-state index is 10.9. The average Bonchev–Trinajstić information content (AvgIpc) is 2.77. The third kappa shape index (κ3) is 2.14. The monoisotopic (exact) mass is 297 g/mol. The lowest BCUT2D eigenvalue weighted by atomic mass is 10.3. The molecule has 17 heavy (non-hydrogen) atoms. The number of aromatic carboxylic acids is 1. The first-order chi connectivity index (χ1) is 8.13. The van der Waals surface area contributed by atoms with Crippen molar-refractivity contribution < 1.29 is 14.6 Å². The van der Waals surface area contributed by atoms with Crippen LogP contribution < -0.4 is 4.74 Å². The van der Waals surface area contributed by atoms with Gasteiger partial charge in [0.05, 0.1) is 23.5 Å². The first kappa shape index (κ1) is 11.6. The fourth-order valence-electron chi connectivity index (χ4n) is 1.36.